The van der Waals surface area contributed by atoms with E-state index in [1.54, 1.807) is 0 Å². The third kappa shape index (κ3) is 6.68. The summed E-state index contributed by atoms with van der Waals surface area (Å²) in [6.07, 6.45) is 5.52. The van der Waals surface area contributed by atoms with Crippen LogP contribution in [0, 0.1) is 0 Å². The molecule has 0 spiro atoms. The van der Waals surface area contributed by atoms with Crippen molar-refractivity contribution < 1.29 is 5.11 Å². The van der Waals surface area contributed by atoms with Gasteiger partial charge in [-0.1, -0.05) is 20.3 Å². The maximum Gasteiger partial charge on any atom is 0.0611 e. The van der Waals surface area contributed by atoms with Gasteiger partial charge in [0.2, 0.25) is 0 Å². The summed E-state index contributed by atoms with van der Waals surface area (Å²) in [5.41, 5.74) is 5.65. The smallest absolute Gasteiger partial charge is 0.0611 e. The van der Waals surface area contributed by atoms with E-state index in [-0.39, 0.29) is 12.1 Å². The molecule has 0 radical (unpaired) electrons. The van der Waals surface area contributed by atoms with Crippen LogP contribution in [0.5, 0.6) is 0 Å². The van der Waals surface area contributed by atoms with Gasteiger partial charge in [0.15, 0.2) is 0 Å². The first-order valence-corrected chi connectivity index (χ1v) is 6.81. The van der Waals surface area contributed by atoms with Crippen LogP contribution in [-0.2, 0) is 0 Å². The monoisotopic (exact) mass is 219 g/mol. The maximum absolute atomic E-state index is 9.09. The Labute approximate surface area is 92.6 Å². The van der Waals surface area contributed by atoms with Gasteiger partial charge in [0, 0.05) is 5.54 Å². The highest BCUT2D eigenvalue weighted by molar-refractivity contribution is 7.99. The Morgan fingerprint density at radius 1 is 1.21 bits per heavy atom. The van der Waals surface area contributed by atoms with Crippen molar-refractivity contribution in [2.75, 3.05) is 18.1 Å². The molecule has 3 N–H and O–H groups in total. The molecule has 3 heteroatoms. The minimum Gasteiger partial charge on any atom is -0.394 e. The van der Waals surface area contributed by atoms with Gasteiger partial charge in [0.1, 0.15) is 0 Å². The molecule has 0 rings (SSSR count). The van der Waals surface area contributed by atoms with E-state index in [9.17, 15) is 0 Å². The van der Waals surface area contributed by atoms with E-state index < -0.39 is 0 Å². The molecule has 2 nitrogen and oxygen atoms in total. The second-order valence-corrected chi connectivity index (χ2v) is 5.17. The first kappa shape index (κ1) is 14.3. The van der Waals surface area contributed by atoms with Crippen LogP contribution in [0.2, 0.25) is 0 Å². The molecule has 0 heterocycles. The summed E-state index contributed by atoms with van der Waals surface area (Å²) in [6, 6.07) is 0. The average molecular weight is 219 g/mol. The molecule has 0 bridgehead atoms. The van der Waals surface area contributed by atoms with Crippen LogP contribution in [0.4, 0.5) is 0 Å². The lowest BCUT2D eigenvalue weighted by Gasteiger charge is -2.25. The fourth-order valence-electron chi connectivity index (χ4n) is 1.24. The Bertz CT molecular complexity index is 126. The van der Waals surface area contributed by atoms with Crippen LogP contribution in [0.25, 0.3) is 0 Å². The average Bonchev–Trinajstić information content (AvgIpc) is 2.23. The van der Waals surface area contributed by atoms with Gasteiger partial charge < -0.3 is 10.8 Å². The van der Waals surface area contributed by atoms with Gasteiger partial charge in [-0.15, -0.1) is 0 Å². The van der Waals surface area contributed by atoms with Crippen LogP contribution >= 0.6 is 11.8 Å². The molecule has 1 atom stereocenters. The van der Waals surface area contributed by atoms with Crippen molar-refractivity contribution in [3.8, 4) is 0 Å². The molecule has 1 unspecified atom stereocenters. The Morgan fingerprint density at radius 2 is 1.86 bits per heavy atom. The fourth-order valence-corrected chi connectivity index (χ4v) is 2.29. The third-order valence-corrected chi connectivity index (χ3v) is 3.78. The predicted molar refractivity (Wildman–Crippen MR) is 65.8 cm³/mol. The summed E-state index contributed by atoms with van der Waals surface area (Å²) in [7, 11) is 0. The number of rotatable bonds is 9. The molecular weight excluding hydrogens is 194 g/mol. The van der Waals surface area contributed by atoms with E-state index in [1.165, 1.54) is 24.3 Å². The largest absolute Gasteiger partial charge is 0.394 e. The standard InChI is InChI=1S/C11H25NOS/c1-3-5-8-14-9-6-7-11(12,4-2)10-13/h13H,3-10,12H2,1-2H3. The van der Waals surface area contributed by atoms with Crippen LogP contribution < -0.4 is 5.73 Å². The van der Waals surface area contributed by atoms with Crippen molar-refractivity contribution in [2.45, 2.75) is 51.5 Å². The fraction of sp³-hybridized carbons (Fsp3) is 1.00. The van der Waals surface area contributed by atoms with Crippen molar-refractivity contribution in [1.29, 1.82) is 0 Å². The van der Waals surface area contributed by atoms with E-state index in [4.69, 9.17) is 10.8 Å². The number of thioether (sulfide) groups is 1. The summed E-state index contributed by atoms with van der Waals surface area (Å²) in [4.78, 5) is 0. The molecule has 14 heavy (non-hydrogen) atoms. The predicted octanol–water partition coefficient (Wildman–Crippen LogP) is 2.40. The Morgan fingerprint density at radius 3 is 2.36 bits per heavy atom. The van der Waals surface area contributed by atoms with Gasteiger partial charge in [0.25, 0.3) is 0 Å². The molecule has 0 saturated carbocycles. The highest BCUT2D eigenvalue weighted by Crippen LogP contribution is 2.16. The molecule has 86 valence electrons. The zero-order valence-corrected chi connectivity index (χ0v) is 10.4. The van der Waals surface area contributed by atoms with Gasteiger partial charge in [-0.2, -0.15) is 11.8 Å². The molecule has 0 aliphatic carbocycles. The molecule has 0 saturated heterocycles. The molecule has 0 fully saturated rings. The van der Waals surface area contributed by atoms with E-state index in [1.807, 2.05) is 18.7 Å². The number of aliphatic hydroxyl groups excluding tert-OH is 1. The third-order valence-electron chi connectivity index (χ3n) is 2.62. The molecule has 0 amide bonds. The number of hydrogen-bond donors (Lipinski definition) is 2. The summed E-state index contributed by atoms with van der Waals surface area (Å²) in [5.74, 6) is 2.44. The van der Waals surface area contributed by atoms with E-state index in [0.29, 0.717) is 0 Å². The van der Waals surface area contributed by atoms with E-state index >= 15 is 0 Å². The SMILES string of the molecule is CCCCSCCCC(N)(CC)CO. The van der Waals surface area contributed by atoms with Crippen LogP contribution in [0.15, 0.2) is 0 Å². The van der Waals surface area contributed by atoms with E-state index in [2.05, 4.69) is 6.92 Å². The molecule has 0 aliphatic heterocycles. The second-order valence-electron chi connectivity index (χ2n) is 3.94. The lowest BCUT2D eigenvalue weighted by atomic mass is 9.93. The quantitative estimate of drug-likeness (QED) is 0.585. The molecule has 0 aliphatic rings. The number of hydrogen-bond acceptors (Lipinski definition) is 3. The van der Waals surface area contributed by atoms with Gasteiger partial charge in [-0.3, -0.25) is 0 Å². The second kappa shape index (κ2) is 8.57. The number of unbranched alkanes of at least 4 members (excludes halogenated alkanes) is 1. The van der Waals surface area contributed by atoms with E-state index in [0.717, 1.165) is 19.3 Å². The topological polar surface area (TPSA) is 46.2 Å². The first-order valence-electron chi connectivity index (χ1n) is 5.66. The molecule has 0 aromatic carbocycles. The normalized spacial score (nSPS) is 15.4. The molecule has 0 aromatic rings. The first-order chi connectivity index (χ1) is 6.68. The lowest BCUT2D eigenvalue weighted by molar-refractivity contribution is 0.182. The van der Waals surface area contributed by atoms with Crippen LogP contribution in [0.3, 0.4) is 0 Å². The summed E-state index contributed by atoms with van der Waals surface area (Å²) >= 11 is 2.00. The summed E-state index contributed by atoms with van der Waals surface area (Å²) in [6.45, 7) is 4.37. The summed E-state index contributed by atoms with van der Waals surface area (Å²) in [5, 5.41) is 9.09. The number of nitrogens with two attached hydrogens (primary N) is 1. The zero-order chi connectivity index (χ0) is 10.9. The zero-order valence-electron chi connectivity index (χ0n) is 9.59. The van der Waals surface area contributed by atoms with Crippen molar-refractivity contribution in [3.63, 3.8) is 0 Å². The van der Waals surface area contributed by atoms with Crippen molar-refractivity contribution >= 4 is 11.8 Å². The lowest BCUT2D eigenvalue weighted by Crippen LogP contribution is -2.42. The maximum atomic E-state index is 9.09. The van der Waals surface area contributed by atoms with Crippen molar-refractivity contribution in [3.05, 3.63) is 0 Å². The Balaban J connectivity index is 3.34. The highest BCUT2D eigenvalue weighted by Gasteiger charge is 2.20. The molecule has 0 aromatic heterocycles. The molecular formula is C11H25NOS. The van der Waals surface area contributed by atoms with Crippen molar-refractivity contribution in [2.24, 2.45) is 5.73 Å². The minimum atomic E-state index is -0.328. The highest BCUT2D eigenvalue weighted by atomic mass is 32.2. The van der Waals surface area contributed by atoms with Gasteiger partial charge >= 0.3 is 0 Å². The van der Waals surface area contributed by atoms with Gasteiger partial charge in [0.05, 0.1) is 6.61 Å². The van der Waals surface area contributed by atoms with Crippen LogP contribution in [0.1, 0.15) is 46.0 Å². The summed E-state index contributed by atoms with van der Waals surface area (Å²) < 4.78 is 0. The Hall–Kier alpha value is 0.270. The number of aliphatic hydroxyl groups is 1. The Kier molecular flexibility index (Phi) is 8.73. The van der Waals surface area contributed by atoms with Gasteiger partial charge in [-0.25, -0.2) is 0 Å². The minimum absolute atomic E-state index is 0.114. The van der Waals surface area contributed by atoms with Crippen molar-refractivity contribution in [1.82, 2.24) is 0 Å². The van der Waals surface area contributed by atoms with Crippen LogP contribution in [-0.4, -0.2) is 28.8 Å². The van der Waals surface area contributed by atoms with Gasteiger partial charge in [-0.05, 0) is 37.2 Å².